The van der Waals surface area contributed by atoms with Gasteiger partial charge in [-0.15, -0.1) is 0 Å². The van der Waals surface area contributed by atoms with Crippen LogP contribution in [0.3, 0.4) is 0 Å². The second kappa shape index (κ2) is 9.07. The number of ketones is 1. The first-order valence-corrected chi connectivity index (χ1v) is 10.6. The van der Waals surface area contributed by atoms with E-state index in [4.69, 9.17) is 9.57 Å². The van der Waals surface area contributed by atoms with Crippen molar-refractivity contribution in [1.29, 1.82) is 0 Å². The van der Waals surface area contributed by atoms with Gasteiger partial charge in [-0.3, -0.25) is 14.7 Å². The molecule has 0 aliphatic carbocycles. The molecule has 0 N–H and O–H groups in total. The molecular formula is C21H21BrFN3O4. The number of aromatic nitrogens is 1. The van der Waals surface area contributed by atoms with Crippen molar-refractivity contribution in [3.8, 4) is 0 Å². The second-order valence-electron chi connectivity index (χ2n) is 7.50. The minimum atomic E-state index is -1.24. The molecule has 7 nitrogen and oxygen atoms in total. The second-order valence-corrected chi connectivity index (χ2v) is 8.41. The van der Waals surface area contributed by atoms with Gasteiger partial charge in [-0.1, -0.05) is 23.4 Å². The van der Waals surface area contributed by atoms with Gasteiger partial charge in [-0.25, -0.2) is 9.18 Å². The molecule has 1 saturated heterocycles. The van der Waals surface area contributed by atoms with Crippen LogP contribution in [0.4, 0.5) is 9.18 Å². The number of Topliss-reactive ketones (excluding diaryl/α,β-unsaturated/α-hetero) is 1. The Morgan fingerprint density at radius 1 is 1.33 bits per heavy atom. The van der Waals surface area contributed by atoms with Crippen LogP contribution in [0, 0.1) is 0 Å². The van der Waals surface area contributed by atoms with E-state index in [1.54, 1.807) is 6.20 Å². The van der Waals surface area contributed by atoms with Gasteiger partial charge in [0.05, 0.1) is 18.1 Å². The van der Waals surface area contributed by atoms with Crippen molar-refractivity contribution < 1.29 is 23.6 Å². The Kier molecular flexibility index (Phi) is 6.26. The highest BCUT2D eigenvalue weighted by Crippen LogP contribution is 2.26. The fraction of sp³-hybridized carbons (Fsp3) is 0.429. The van der Waals surface area contributed by atoms with Gasteiger partial charge in [0.2, 0.25) is 0 Å². The average molecular weight is 478 g/mol. The van der Waals surface area contributed by atoms with Gasteiger partial charge < -0.3 is 9.57 Å². The molecule has 1 aromatic carbocycles. The van der Waals surface area contributed by atoms with Crippen LogP contribution in [-0.2, 0) is 21.0 Å². The molecule has 1 amide bonds. The van der Waals surface area contributed by atoms with E-state index < -0.39 is 18.3 Å². The van der Waals surface area contributed by atoms with Crippen LogP contribution in [0.5, 0.6) is 0 Å². The molecule has 1 aromatic heterocycles. The summed E-state index contributed by atoms with van der Waals surface area (Å²) in [5.41, 5.74) is 1.58. The van der Waals surface area contributed by atoms with Crippen LogP contribution in [0.1, 0.15) is 31.2 Å². The van der Waals surface area contributed by atoms with Crippen LogP contribution in [0.15, 0.2) is 41.7 Å². The third kappa shape index (κ3) is 4.77. The summed E-state index contributed by atoms with van der Waals surface area (Å²) < 4.78 is 20.1. The zero-order chi connectivity index (χ0) is 21.1. The van der Waals surface area contributed by atoms with E-state index in [2.05, 4.69) is 26.1 Å². The van der Waals surface area contributed by atoms with Gasteiger partial charge >= 0.3 is 6.09 Å². The predicted octanol–water partition coefficient (Wildman–Crippen LogP) is 4.13. The fourth-order valence-electron chi connectivity index (χ4n) is 3.73. The van der Waals surface area contributed by atoms with E-state index in [-0.39, 0.29) is 37.9 Å². The summed E-state index contributed by atoms with van der Waals surface area (Å²) in [5.74, 6) is -0.189. The van der Waals surface area contributed by atoms with E-state index in [0.717, 1.165) is 16.5 Å². The number of hydrogen-bond acceptors (Lipinski definition) is 6. The summed E-state index contributed by atoms with van der Waals surface area (Å²) >= 11 is 3.25. The summed E-state index contributed by atoms with van der Waals surface area (Å²) in [4.78, 5) is 35.9. The van der Waals surface area contributed by atoms with E-state index in [9.17, 15) is 14.0 Å². The van der Waals surface area contributed by atoms with Crippen LogP contribution in [-0.4, -0.2) is 51.2 Å². The highest BCUT2D eigenvalue weighted by molar-refractivity contribution is 9.18. The number of ether oxygens (including phenoxy) is 1. The molecule has 2 aromatic rings. The minimum Gasteiger partial charge on any atom is -0.444 e. The fourth-order valence-corrected chi connectivity index (χ4v) is 4.18. The Bertz CT molecular complexity index is 986. The van der Waals surface area contributed by atoms with E-state index in [1.807, 2.05) is 30.3 Å². The highest BCUT2D eigenvalue weighted by atomic mass is 79.9. The van der Waals surface area contributed by atoms with Crippen molar-refractivity contribution >= 4 is 43.3 Å². The molecule has 0 bridgehead atoms. The number of alkyl halides is 1. The molecule has 3 atom stereocenters. The monoisotopic (exact) mass is 477 g/mol. The lowest BCUT2D eigenvalue weighted by Gasteiger charge is -2.23. The molecule has 0 unspecified atom stereocenters. The first-order valence-electron chi connectivity index (χ1n) is 9.81. The summed E-state index contributed by atoms with van der Waals surface area (Å²) in [6.07, 6.45) is 0.798. The van der Waals surface area contributed by atoms with Crippen LogP contribution >= 0.6 is 15.9 Å². The molecule has 0 radical (unpaired) electrons. The predicted molar refractivity (Wildman–Crippen MR) is 112 cm³/mol. The maximum absolute atomic E-state index is 14.0. The first-order chi connectivity index (χ1) is 14.5. The average Bonchev–Trinajstić information content (AvgIpc) is 3.35. The Morgan fingerprint density at radius 2 is 2.17 bits per heavy atom. The SMILES string of the molecule is O=C(CC[C@@H]1CC(Br)=NO1)[C@@H]1C[C@@H](F)CN1C(=O)OCc1cnc2ccccc2c1. The number of oxime groups is 1. The van der Waals surface area contributed by atoms with Gasteiger partial charge in [0.1, 0.15) is 23.5 Å². The van der Waals surface area contributed by atoms with Crippen molar-refractivity contribution in [1.82, 2.24) is 9.88 Å². The third-order valence-corrected chi connectivity index (χ3v) is 5.74. The van der Waals surface area contributed by atoms with E-state index in [0.29, 0.717) is 17.5 Å². The Balaban J connectivity index is 1.33. The smallest absolute Gasteiger partial charge is 0.410 e. The molecule has 2 aliphatic heterocycles. The zero-order valence-electron chi connectivity index (χ0n) is 16.2. The van der Waals surface area contributed by atoms with E-state index in [1.165, 1.54) is 4.90 Å². The molecular weight excluding hydrogens is 457 g/mol. The molecule has 0 saturated carbocycles. The van der Waals surface area contributed by atoms with Crippen molar-refractivity contribution in [2.75, 3.05) is 6.54 Å². The molecule has 1 fully saturated rings. The van der Waals surface area contributed by atoms with Crippen LogP contribution in [0.2, 0.25) is 0 Å². The van der Waals surface area contributed by atoms with Gasteiger partial charge in [-0.05, 0) is 34.5 Å². The lowest BCUT2D eigenvalue weighted by molar-refractivity contribution is -0.123. The number of rotatable bonds is 6. The number of hydrogen-bond donors (Lipinski definition) is 0. The minimum absolute atomic E-state index is 0.00280. The molecule has 0 spiro atoms. The number of fused-ring (bicyclic) bond motifs is 1. The van der Waals surface area contributed by atoms with Gasteiger partial charge in [0.25, 0.3) is 0 Å². The van der Waals surface area contributed by atoms with E-state index >= 15 is 0 Å². The van der Waals surface area contributed by atoms with Crippen LogP contribution in [0.25, 0.3) is 10.9 Å². The number of amides is 1. The number of likely N-dealkylation sites (tertiary alicyclic amines) is 1. The van der Waals surface area contributed by atoms with Gasteiger partial charge in [0, 0.05) is 36.4 Å². The summed E-state index contributed by atoms with van der Waals surface area (Å²) in [7, 11) is 0. The summed E-state index contributed by atoms with van der Waals surface area (Å²) in [6.45, 7) is -0.133. The normalized spacial score (nSPS) is 23.3. The molecule has 4 rings (SSSR count). The third-order valence-electron chi connectivity index (χ3n) is 5.28. The molecule has 9 heteroatoms. The van der Waals surface area contributed by atoms with Crippen LogP contribution < -0.4 is 0 Å². The summed E-state index contributed by atoms with van der Waals surface area (Å²) in [6, 6.07) is 8.71. The molecule has 30 heavy (non-hydrogen) atoms. The number of para-hydroxylation sites is 1. The lowest BCUT2D eigenvalue weighted by atomic mass is 10.0. The lowest BCUT2D eigenvalue weighted by Crippen LogP contribution is -2.41. The first kappa shape index (κ1) is 20.7. The van der Waals surface area contributed by atoms with Crippen molar-refractivity contribution in [3.05, 3.63) is 42.1 Å². The maximum Gasteiger partial charge on any atom is 0.410 e. The van der Waals surface area contributed by atoms with Gasteiger partial charge in [0.15, 0.2) is 5.78 Å². The maximum atomic E-state index is 14.0. The number of pyridine rings is 1. The van der Waals surface area contributed by atoms with Crippen molar-refractivity contribution in [2.24, 2.45) is 5.16 Å². The number of halogens is 2. The molecule has 3 heterocycles. The quantitative estimate of drug-likeness (QED) is 0.624. The highest BCUT2D eigenvalue weighted by Gasteiger charge is 2.40. The number of carbonyl (C=O) groups is 2. The molecule has 158 valence electrons. The number of nitrogens with zero attached hydrogens (tertiary/aromatic N) is 3. The van der Waals surface area contributed by atoms with Crippen molar-refractivity contribution in [2.45, 2.75) is 50.6 Å². The standard InChI is InChI=1S/C21H21BrFN3O4/c22-20-9-16(30-25-20)5-6-19(27)18-8-15(23)11-26(18)21(28)29-12-13-7-14-3-1-2-4-17(14)24-10-13/h1-4,7,10,15-16,18H,5-6,8-9,11-12H2/t15-,16-,18+/m1/s1. The largest absolute Gasteiger partial charge is 0.444 e. The topological polar surface area (TPSA) is 81.1 Å². The van der Waals surface area contributed by atoms with Crippen molar-refractivity contribution in [3.63, 3.8) is 0 Å². The number of benzene rings is 1. The van der Waals surface area contributed by atoms with Gasteiger partial charge in [-0.2, -0.15) is 0 Å². The molecule has 2 aliphatic rings. The number of carbonyl (C=O) groups excluding carboxylic acids is 2. The Labute approximate surface area is 181 Å². The zero-order valence-corrected chi connectivity index (χ0v) is 17.8. The Morgan fingerprint density at radius 3 is 2.97 bits per heavy atom. The summed E-state index contributed by atoms with van der Waals surface area (Å²) in [5, 5.41) is 4.73. The Hall–Kier alpha value is -2.55.